The molecule has 0 aromatic carbocycles. The summed E-state index contributed by atoms with van der Waals surface area (Å²) in [5.41, 5.74) is 0. The van der Waals surface area contributed by atoms with E-state index < -0.39 is 20.0 Å². The van der Waals surface area contributed by atoms with Crippen molar-refractivity contribution in [2.45, 2.75) is 193 Å². The highest BCUT2D eigenvalue weighted by Crippen LogP contribution is 2.38. The molecule has 0 aliphatic heterocycles. The van der Waals surface area contributed by atoms with Gasteiger partial charge in [-0.05, 0) is 38.5 Å². The Labute approximate surface area is 297 Å². The van der Waals surface area contributed by atoms with Gasteiger partial charge in [-0.25, -0.2) is 0 Å². The van der Waals surface area contributed by atoms with Crippen molar-refractivity contribution in [2.75, 3.05) is 40.9 Å². The van der Waals surface area contributed by atoms with Crippen molar-refractivity contribution in [1.82, 2.24) is 5.32 Å². The van der Waals surface area contributed by atoms with Crippen molar-refractivity contribution in [3.8, 4) is 0 Å². The third kappa shape index (κ3) is 33.7. The van der Waals surface area contributed by atoms with Crippen LogP contribution in [0.1, 0.15) is 181 Å². The van der Waals surface area contributed by atoms with Gasteiger partial charge in [0.05, 0.1) is 39.9 Å². The predicted octanol–water partition coefficient (Wildman–Crippen LogP) is 9.78. The first-order chi connectivity index (χ1) is 23.0. The summed E-state index contributed by atoms with van der Waals surface area (Å²) in [5, 5.41) is 13.8. The summed E-state index contributed by atoms with van der Waals surface area (Å²) in [6.45, 7) is 4.68. The maximum atomic E-state index is 12.8. The van der Waals surface area contributed by atoms with Crippen LogP contribution in [0.4, 0.5) is 0 Å². The highest BCUT2D eigenvalue weighted by Gasteiger charge is 2.24. The minimum atomic E-state index is -4.56. The highest BCUT2D eigenvalue weighted by molar-refractivity contribution is 7.45. The molecule has 286 valence electrons. The quantitative estimate of drug-likeness (QED) is 0.0291. The lowest BCUT2D eigenvalue weighted by molar-refractivity contribution is -0.870. The first kappa shape index (κ1) is 47.2. The zero-order valence-electron chi connectivity index (χ0n) is 32.2. The Kier molecular flexibility index (Phi) is 31.7. The van der Waals surface area contributed by atoms with Gasteiger partial charge in [0.15, 0.2) is 0 Å². The van der Waals surface area contributed by atoms with Gasteiger partial charge in [-0.15, -0.1) is 0 Å². The van der Waals surface area contributed by atoms with E-state index in [1.807, 2.05) is 21.1 Å². The molecule has 0 spiro atoms. The number of hydrogen-bond acceptors (Lipinski definition) is 6. The lowest BCUT2D eigenvalue weighted by Gasteiger charge is -2.30. The fourth-order valence-electron chi connectivity index (χ4n) is 5.74. The first-order valence-corrected chi connectivity index (χ1v) is 21.5. The van der Waals surface area contributed by atoms with Crippen LogP contribution in [0.3, 0.4) is 0 Å². The van der Waals surface area contributed by atoms with Crippen LogP contribution >= 0.6 is 7.82 Å². The molecule has 0 fully saturated rings. The number of aliphatic hydroxyl groups is 1. The number of quaternary nitrogens is 1. The Morgan fingerprint density at radius 2 is 1.15 bits per heavy atom. The Morgan fingerprint density at radius 1 is 0.708 bits per heavy atom. The van der Waals surface area contributed by atoms with Crippen LogP contribution < -0.4 is 10.2 Å². The van der Waals surface area contributed by atoms with Crippen LogP contribution in [0, 0.1) is 0 Å². The molecular weight excluding hydrogens is 623 g/mol. The zero-order chi connectivity index (χ0) is 35.8. The van der Waals surface area contributed by atoms with Gasteiger partial charge in [-0.3, -0.25) is 9.36 Å². The van der Waals surface area contributed by atoms with Crippen molar-refractivity contribution < 1.29 is 32.9 Å². The van der Waals surface area contributed by atoms with E-state index in [1.54, 1.807) is 0 Å². The molecule has 48 heavy (non-hydrogen) atoms. The minimum Gasteiger partial charge on any atom is -0.756 e. The largest absolute Gasteiger partial charge is 0.756 e. The van der Waals surface area contributed by atoms with Gasteiger partial charge < -0.3 is 28.8 Å². The van der Waals surface area contributed by atoms with E-state index in [9.17, 15) is 19.4 Å². The second-order valence-corrected chi connectivity index (χ2v) is 16.4. The van der Waals surface area contributed by atoms with E-state index in [1.165, 1.54) is 103 Å². The molecule has 0 aromatic rings. The van der Waals surface area contributed by atoms with Gasteiger partial charge in [0.2, 0.25) is 5.91 Å². The van der Waals surface area contributed by atoms with Crippen molar-refractivity contribution >= 4 is 13.7 Å². The second-order valence-electron chi connectivity index (χ2n) is 15.0. The summed E-state index contributed by atoms with van der Waals surface area (Å²) in [4.78, 5) is 25.2. The van der Waals surface area contributed by atoms with Crippen LogP contribution in [-0.2, 0) is 18.4 Å². The topological polar surface area (TPSA) is 108 Å². The van der Waals surface area contributed by atoms with E-state index in [2.05, 4.69) is 31.3 Å². The summed E-state index contributed by atoms with van der Waals surface area (Å²) >= 11 is 0. The number of unbranched alkanes of at least 4 members (excludes halogenated alkanes) is 21. The SMILES string of the molecule is CCCCCCCC/C=C\CCCCCC(=O)NC(COP(=O)([O-])OCC[N+](C)(C)C)C(O)CCCCCCCCCCCCCCC. The molecule has 2 N–H and O–H groups in total. The second kappa shape index (κ2) is 32.2. The summed E-state index contributed by atoms with van der Waals surface area (Å²) in [7, 11) is 1.30. The third-order valence-electron chi connectivity index (χ3n) is 9.00. The number of allylic oxidation sites excluding steroid dienone is 2. The zero-order valence-corrected chi connectivity index (χ0v) is 33.1. The van der Waals surface area contributed by atoms with Crippen molar-refractivity contribution in [1.29, 1.82) is 0 Å². The fraction of sp³-hybridized carbons (Fsp3) is 0.923. The number of amides is 1. The lowest BCUT2D eigenvalue weighted by Crippen LogP contribution is -2.46. The molecule has 0 saturated carbocycles. The maximum Gasteiger partial charge on any atom is 0.268 e. The average Bonchev–Trinajstić information content (AvgIpc) is 3.02. The van der Waals surface area contributed by atoms with Crippen LogP contribution in [0.15, 0.2) is 12.2 Å². The third-order valence-corrected chi connectivity index (χ3v) is 9.97. The predicted molar refractivity (Wildman–Crippen MR) is 201 cm³/mol. The number of aliphatic hydroxyl groups excluding tert-OH is 1. The standard InChI is InChI=1S/C39H79N2O6P/c1-6-8-10-12-14-16-18-20-22-24-26-28-30-32-38(42)37(36-47-48(44,45)46-35-34-41(3,4)5)40-39(43)33-31-29-27-25-23-21-19-17-15-13-11-9-7-2/h21,23,37-38,42H,6-20,22,24-36H2,1-5H3,(H-,40,43,44,45)/b23-21-. The molecule has 9 heteroatoms. The number of carbonyl (C=O) groups excluding carboxylic acids is 1. The maximum absolute atomic E-state index is 12.8. The molecule has 0 rings (SSSR count). The van der Waals surface area contributed by atoms with Crippen LogP contribution in [0.5, 0.6) is 0 Å². The molecule has 1 amide bonds. The Balaban J connectivity index is 4.47. The lowest BCUT2D eigenvalue weighted by atomic mass is 10.0. The average molecular weight is 703 g/mol. The number of carbonyl (C=O) groups is 1. The molecule has 0 aromatic heterocycles. The van der Waals surface area contributed by atoms with E-state index >= 15 is 0 Å². The highest BCUT2D eigenvalue weighted by atomic mass is 31.2. The van der Waals surface area contributed by atoms with Crippen LogP contribution in [0.25, 0.3) is 0 Å². The van der Waals surface area contributed by atoms with Crippen molar-refractivity contribution in [2.24, 2.45) is 0 Å². The van der Waals surface area contributed by atoms with Gasteiger partial charge >= 0.3 is 0 Å². The summed E-state index contributed by atoms with van der Waals surface area (Å²) < 4.78 is 23.2. The fourth-order valence-corrected chi connectivity index (χ4v) is 6.46. The van der Waals surface area contributed by atoms with E-state index in [0.717, 1.165) is 51.4 Å². The number of nitrogens with one attached hydrogen (secondary N) is 1. The summed E-state index contributed by atoms with van der Waals surface area (Å²) in [5.74, 6) is -0.182. The van der Waals surface area contributed by atoms with Crippen LogP contribution in [0.2, 0.25) is 0 Å². The Hall–Kier alpha value is -0.760. The minimum absolute atomic E-state index is 0.0110. The van der Waals surface area contributed by atoms with Gasteiger partial charge in [0.25, 0.3) is 7.82 Å². The molecule has 8 nitrogen and oxygen atoms in total. The molecule has 0 heterocycles. The molecule has 0 radical (unpaired) electrons. The van der Waals surface area contributed by atoms with Crippen molar-refractivity contribution in [3.63, 3.8) is 0 Å². The van der Waals surface area contributed by atoms with E-state index in [-0.39, 0.29) is 19.1 Å². The normalized spacial score (nSPS) is 14.7. The number of hydrogen-bond donors (Lipinski definition) is 2. The number of phosphoric ester groups is 1. The molecule has 0 saturated heterocycles. The summed E-state index contributed by atoms with van der Waals surface area (Å²) in [6, 6.07) is -0.802. The molecule has 0 aliphatic carbocycles. The van der Waals surface area contributed by atoms with Gasteiger partial charge in [-0.1, -0.05) is 148 Å². The summed E-state index contributed by atoms with van der Waals surface area (Å²) in [6.07, 6.45) is 33.5. The Morgan fingerprint density at radius 3 is 1.62 bits per heavy atom. The number of nitrogens with zero attached hydrogens (tertiary/aromatic N) is 1. The molecular formula is C39H79N2O6P. The van der Waals surface area contributed by atoms with Gasteiger partial charge in [0.1, 0.15) is 13.2 Å². The number of rotatable bonds is 36. The molecule has 3 unspecified atom stereocenters. The monoisotopic (exact) mass is 703 g/mol. The van der Waals surface area contributed by atoms with Gasteiger partial charge in [-0.2, -0.15) is 0 Å². The molecule has 0 aliphatic rings. The Bertz CT molecular complexity index is 804. The van der Waals surface area contributed by atoms with E-state index in [0.29, 0.717) is 23.9 Å². The molecule has 0 bridgehead atoms. The first-order valence-electron chi connectivity index (χ1n) is 20.0. The smallest absolute Gasteiger partial charge is 0.268 e. The number of likely N-dealkylation sites (N-methyl/N-ethyl adjacent to an activating group) is 1. The van der Waals surface area contributed by atoms with Gasteiger partial charge in [0, 0.05) is 6.42 Å². The molecule has 3 atom stereocenters. The number of phosphoric acid groups is 1. The van der Waals surface area contributed by atoms with Crippen molar-refractivity contribution in [3.05, 3.63) is 12.2 Å². The van der Waals surface area contributed by atoms with E-state index in [4.69, 9.17) is 9.05 Å². The van der Waals surface area contributed by atoms with Crippen LogP contribution in [-0.4, -0.2) is 68.5 Å².